The molecular weight excluding hydrogens is 286 g/mol. The Morgan fingerprint density at radius 3 is 2.82 bits per heavy atom. The maximum Gasteiger partial charge on any atom is 0.336 e. The highest BCUT2D eigenvalue weighted by molar-refractivity contribution is 5.88. The number of aliphatic hydroxyl groups excluding tert-OH is 1. The molecule has 0 aliphatic rings. The number of amides is 1. The van der Waals surface area contributed by atoms with Crippen molar-refractivity contribution in [2.24, 2.45) is 0 Å². The van der Waals surface area contributed by atoms with Crippen molar-refractivity contribution in [3.05, 3.63) is 39.7 Å². The van der Waals surface area contributed by atoms with E-state index in [2.05, 4.69) is 5.32 Å². The summed E-state index contributed by atoms with van der Waals surface area (Å²) >= 11 is 0. The molecule has 1 amide bonds. The molecule has 118 valence electrons. The zero-order valence-electron chi connectivity index (χ0n) is 12.6. The lowest BCUT2D eigenvalue weighted by Crippen LogP contribution is -2.30. The quantitative estimate of drug-likeness (QED) is 0.620. The Hall–Kier alpha value is -2.34. The topological polar surface area (TPSA) is 88.8 Å². The summed E-state index contributed by atoms with van der Waals surface area (Å²) in [4.78, 5) is 23.1. The molecule has 0 unspecified atom stereocenters. The van der Waals surface area contributed by atoms with E-state index in [0.29, 0.717) is 29.7 Å². The molecule has 0 fully saturated rings. The van der Waals surface area contributed by atoms with E-state index in [4.69, 9.17) is 14.3 Å². The molecule has 22 heavy (non-hydrogen) atoms. The standard InChI is InChI=1S/C16H19NO5/c1-10-6-12(21-9-14(19)17-4-3-5-18)16-11(2)8-15(20)22-13(16)7-10/h6-8,18H,3-5,9H2,1-2H3,(H,17,19). The molecule has 0 radical (unpaired) electrons. The van der Waals surface area contributed by atoms with Crippen molar-refractivity contribution in [2.75, 3.05) is 19.8 Å². The van der Waals surface area contributed by atoms with Crippen molar-refractivity contribution in [3.63, 3.8) is 0 Å². The third-order valence-electron chi connectivity index (χ3n) is 3.17. The van der Waals surface area contributed by atoms with Crippen LogP contribution in [0.15, 0.2) is 27.4 Å². The van der Waals surface area contributed by atoms with Crippen molar-refractivity contribution in [2.45, 2.75) is 20.3 Å². The Bertz CT molecular complexity index is 735. The molecule has 2 N–H and O–H groups in total. The van der Waals surface area contributed by atoms with Gasteiger partial charge in [0.2, 0.25) is 0 Å². The maximum atomic E-state index is 11.7. The van der Waals surface area contributed by atoms with Crippen LogP contribution in [0.5, 0.6) is 5.75 Å². The molecule has 0 spiro atoms. The van der Waals surface area contributed by atoms with Crippen LogP contribution in [0.2, 0.25) is 0 Å². The van der Waals surface area contributed by atoms with E-state index < -0.39 is 5.63 Å². The largest absolute Gasteiger partial charge is 0.483 e. The van der Waals surface area contributed by atoms with Crippen LogP contribution in [0.4, 0.5) is 0 Å². The third kappa shape index (κ3) is 3.85. The molecule has 0 bridgehead atoms. The van der Waals surface area contributed by atoms with Crippen LogP contribution in [0.3, 0.4) is 0 Å². The van der Waals surface area contributed by atoms with Gasteiger partial charge < -0.3 is 19.6 Å². The van der Waals surface area contributed by atoms with Crippen LogP contribution < -0.4 is 15.7 Å². The second-order valence-electron chi connectivity index (χ2n) is 5.10. The summed E-state index contributed by atoms with van der Waals surface area (Å²) in [5, 5.41) is 12.0. The molecule has 2 aromatic rings. The van der Waals surface area contributed by atoms with Gasteiger partial charge in [-0.1, -0.05) is 0 Å². The number of fused-ring (bicyclic) bond motifs is 1. The number of benzene rings is 1. The normalized spacial score (nSPS) is 10.7. The number of aliphatic hydroxyl groups is 1. The zero-order valence-corrected chi connectivity index (χ0v) is 12.6. The van der Waals surface area contributed by atoms with Gasteiger partial charge in [0.05, 0.1) is 5.39 Å². The Labute approximate surface area is 127 Å². The molecule has 1 aromatic heterocycles. The van der Waals surface area contributed by atoms with Crippen molar-refractivity contribution in [1.29, 1.82) is 0 Å². The third-order valence-corrected chi connectivity index (χ3v) is 3.17. The summed E-state index contributed by atoms with van der Waals surface area (Å²) in [5.41, 5.74) is 1.64. The van der Waals surface area contributed by atoms with Gasteiger partial charge in [0, 0.05) is 19.2 Å². The number of ether oxygens (including phenoxy) is 1. The molecule has 0 aliphatic heterocycles. The molecule has 6 nitrogen and oxygen atoms in total. The van der Waals surface area contributed by atoms with Gasteiger partial charge in [-0.25, -0.2) is 4.79 Å². The first-order chi connectivity index (χ1) is 10.5. The van der Waals surface area contributed by atoms with Gasteiger partial charge in [-0.3, -0.25) is 4.79 Å². The number of carbonyl (C=O) groups excluding carboxylic acids is 1. The molecule has 0 aliphatic carbocycles. The van der Waals surface area contributed by atoms with Gasteiger partial charge in [-0.2, -0.15) is 0 Å². The second-order valence-corrected chi connectivity index (χ2v) is 5.10. The van der Waals surface area contributed by atoms with Crippen LogP contribution in [0.1, 0.15) is 17.5 Å². The monoisotopic (exact) mass is 305 g/mol. The Morgan fingerprint density at radius 2 is 2.09 bits per heavy atom. The number of aryl methyl sites for hydroxylation is 2. The predicted octanol–water partition coefficient (Wildman–Crippen LogP) is 1.29. The number of hydrogen-bond acceptors (Lipinski definition) is 5. The van der Waals surface area contributed by atoms with Crippen molar-refractivity contribution < 1.29 is 19.1 Å². The lowest BCUT2D eigenvalue weighted by atomic mass is 10.1. The number of rotatable bonds is 6. The zero-order chi connectivity index (χ0) is 16.1. The molecule has 1 aromatic carbocycles. The lowest BCUT2D eigenvalue weighted by Gasteiger charge is -2.11. The van der Waals surface area contributed by atoms with Crippen LogP contribution >= 0.6 is 0 Å². The smallest absolute Gasteiger partial charge is 0.336 e. The molecule has 6 heteroatoms. The van der Waals surface area contributed by atoms with E-state index in [-0.39, 0.29) is 19.1 Å². The van der Waals surface area contributed by atoms with Gasteiger partial charge in [-0.05, 0) is 43.5 Å². The summed E-state index contributed by atoms with van der Waals surface area (Å²) in [6.45, 7) is 3.95. The van der Waals surface area contributed by atoms with Crippen LogP contribution in [-0.4, -0.2) is 30.8 Å². The average molecular weight is 305 g/mol. The highest BCUT2D eigenvalue weighted by atomic mass is 16.5. The summed E-state index contributed by atoms with van der Waals surface area (Å²) < 4.78 is 10.8. The fourth-order valence-corrected chi connectivity index (χ4v) is 2.19. The van der Waals surface area contributed by atoms with E-state index in [9.17, 15) is 9.59 Å². The van der Waals surface area contributed by atoms with Crippen molar-refractivity contribution in [1.82, 2.24) is 5.32 Å². The summed E-state index contributed by atoms with van der Waals surface area (Å²) in [7, 11) is 0. The summed E-state index contributed by atoms with van der Waals surface area (Å²) in [6.07, 6.45) is 0.503. The average Bonchev–Trinajstić information content (AvgIpc) is 2.44. The SMILES string of the molecule is Cc1cc(OCC(=O)NCCCO)c2c(C)cc(=O)oc2c1. The number of hydrogen-bond donors (Lipinski definition) is 2. The van der Waals surface area contributed by atoms with E-state index >= 15 is 0 Å². The van der Waals surface area contributed by atoms with Gasteiger partial charge in [0.25, 0.3) is 5.91 Å². The van der Waals surface area contributed by atoms with Crippen molar-refractivity contribution >= 4 is 16.9 Å². The van der Waals surface area contributed by atoms with Gasteiger partial charge >= 0.3 is 5.63 Å². The first-order valence-electron chi connectivity index (χ1n) is 7.06. The summed E-state index contributed by atoms with van der Waals surface area (Å²) in [6, 6.07) is 4.96. The molecule has 1 heterocycles. The number of carbonyl (C=O) groups is 1. The van der Waals surface area contributed by atoms with Crippen LogP contribution in [-0.2, 0) is 4.79 Å². The molecular formula is C16H19NO5. The first kappa shape index (κ1) is 16.0. The molecule has 0 saturated carbocycles. The van der Waals surface area contributed by atoms with Gasteiger partial charge in [0.15, 0.2) is 6.61 Å². The maximum absolute atomic E-state index is 11.7. The van der Waals surface area contributed by atoms with Crippen molar-refractivity contribution in [3.8, 4) is 5.75 Å². The fraction of sp³-hybridized carbons (Fsp3) is 0.375. The molecule has 0 saturated heterocycles. The van der Waals surface area contributed by atoms with E-state index in [1.165, 1.54) is 6.07 Å². The van der Waals surface area contributed by atoms with Crippen LogP contribution in [0.25, 0.3) is 11.0 Å². The molecule has 0 atom stereocenters. The Morgan fingerprint density at radius 1 is 1.32 bits per heavy atom. The van der Waals surface area contributed by atoms with Gasteiger partial charge in [0.1, 0.15) is 11.3 Å². The Kier molecular flexibility index (Phi) is 5.16. The van der Waals surface area contributed by atoms with Crippen LogP contribution in [0, 0.1) is 13.8 Å². The van der Waals surface area contributed by atoms with E-state index in [1.807, 2.05) is 6.92 Å². The fourth-order valence-electron chi connectivity index (χ4n) is 2.19. The van der Waals surface area contributed by atoms with E-state index in [1.54, 1.807) is 19.1 Å². The van der Waals surface area contributed by atoms with E-state index in [0.717, 1.165) is 11.1 Å². The summed E-state index contributed by atoms with van der Waals surface area (Å²) in [5.74, 6) is 0.242. The minimum Gasteiger partial charge on any atom is -0.483 e. The Balaban J connectivity index is 2.20. The number of nitrogens with one attached hydrogen (secondary N) is 1. The predicted molar refractivity (Wildman–Crippen MR) is 82.2 cm³/mol. The lowest BCUT2D eigenvalue weighted by molar-refractivity contribution is -0.123. The minimum absolute atomic E-state index is 0.0296. The molecule has 2 rings (SSSR count). The van der Waals surface area contributed by atoms with Gasteiger partial charge in [-0.15, -0.1) is 0 Å². The first-order valence-corrected chi connectivity index (χ1v) is 7.06. The second kappa shape index (κ2) is 7.09. The minimum atomic E-state index is -0.414. The highest BCUT2D eigenvalue weighted by Gasteiger charge is 2.11. The highest BCUT2D eigenvalue weighted by Crippen LogP contribution is 2.29.